The molecule has 2 aromatic rings. The molecular formula is C63H104N2Pd. The van der Waals surface area contributed by atoms with E-state index in [9.17, 15) is 5.53 Å². The summed E-state index contributed by atoms with van der Waals surface area (Å²) in [6.45, 7) is 19.1. The first-order valence-electron chi connectivity index (χ1n) is 28.2. The Morgan fingerprint density at radius 2 is 0.742 bits per heavy atom. The Balaban J connectivity index is 0.00000821. The summed E-state index contributed by atoms with van der Waals surface area (Å²) in [5.74, 6) is 7.33. The van der Waals surface area contributed by atoms with Gasteiger partial charge in [-0.15, -0.1) is 0 Å². The molecular weight excluding hydrogens is 891 g/mol. The molecule has 0 bridgehead atoms. The number of rotatable bonds is 38. The van der Waals surface area contributed by atoms with Crippen LogP contribution in [0.5, 0.6) is 0 Å². The van der Waals surface area contributed by atoms with Crippen LogP contribution in [-0.2, 0) is 33.3 Å². The summed E-state index contributed by atoms with van der Waals surface area (Å²) in [6.07, 6.45) is 48.9. The molecule has 0 aromatic heterocycles. The van der Waals surface area contributed by atoms with E-state index in [0.717, 1.165) is 66.6 Å². The average molecular weight is 996 g/mol. The molecule has 3 rings (SSSR count). The molecule has 0 saturated carbocycles. The maximum absolute atomic E-state index is 12.2. The Kier molecular flexibility index (Phi) is 44.9. The van der Waals surface area contributed by atoms with Crippen LogP contribution in [0.25, 0.3) is 16.9 Å². The van der Waals surface area contributed by atoms with Gasteiger partial charge in [-0.1, -0.05) is 250 Å². The molecule has 2 aromatic carbocycles. The van der Waals surface area contributed by atoms with E-state index in [2.05, 4.69) is 102 Å². The fraction of sp³-hybridized carbons (Fsp3) is 0.683. The molecule has 3 heteroatoms. The zero-order chi connectivity index (χ0) is 47.4. The van der Waals surface area contributed by atoms with Crippen molar-refractivity contribution in [3.05, 3.63) is 101 Å². The first-order chi connectivity index (χ1) is 32.1. The maximum atomic E-state index is 12.2. The van der Waals surface area contributed by atoms with E-state index in [0.29, 0.717) is 0 Å². The predicted octanol–water partition coefficient (Wildman–Crippen LogP) is 21.4. The van der Waals surface area contributed by atoms with Crippen molar-refractivity contribution in [3.8, 4) is 11.8 Å². The van der Waals surface area contributed by atoms with Gasteiger partial charge in [0.15, 0.2) is 0 Å². The minimum Gasteiger partial charge on any atom is -0.493 e. The van der Waals surface area contributed by atoms with Gasteiger partial charge in [0.1, 0.15) is 5.57 Å². The number of benzene rings is 2. The van der Waals surface area contributed by atoms with Crippen molar-refractivity contribution in [2.75, 3.05) is 0 Å². The van der Waals surface area contributed by atoms with E-state index in [1.54, 1.807) is 13.8 Å². The van der Waals surface area contributed by atoms with Crippen LogP contribution in [0.1, 0.15) is 289 Å². The largest absolute Gasteiger partial charge is 2.00 e. The molecule has 0 unspecified atom stereocenters. The summed E-state index contributed by atoms with van der Waals surface area (Å²) in [5.41, 5.74) is 21.2. The minimum absolute atomic E-state index is 0. The topological polar surface area (TPSA) is 25.3 Å². The van der Waals surface area contributed by atoms with Crippen molar-refractivity contribution in [1.82, 2.24) is 0 Å². The fourth-order valence-electron chi connectivity index (χ4n) is 9.31. The van der Waals surface area contributed by atoms with Gasteiger partial charge in [0.25, 0.3) is 0 Å². The van der Waals surface area contributed by atoms with Gasteiger partial charge in [-0.25, -0.2) is 4.70 Å². The van der Waals surface area contributed by atoms with Crippen molar-refractivity contribution in [1.29, 1.82) is 0 Å². The van der Waals surface area contributed by atoms with Gasteiger partial charge in [0.05, 0.1) is 0 Å². The molecule has 376 valence electrons. The van der Waals surface area contributed by atoms with Gasteiger partial charge in [0.2, 0.25) is 11.4 Å². The number of unbranched alkanes of at least 4 members (excludes halogenated alkanes) is 30. The van der Waals surface area contributed by atoms with Crippen LogP contribution in [0.15, 0.2) is 59.7 Å². The van der Waals surface area contributed by atoms with E-state index in [-0.39, 0.29) is 20.4 Å². The number of hydrogen-bond donors (Lipinski definition) is 0. The molecule has 0 N–H and O–H groups in total. The van der Waals surface area contributed by atoms with Gasteiger partial charge in [-0.3, -0.25) is 0 Å². The molecule has 1 aliphatic heterocycles. The van der Waals surface area contributed by atoms with Crippen molar-refractivity contribution in [2.24, 2.45) is 0 Å². The second-order valence-corrected chi connectivity index (χ2v) is 18.8. The Morgan fingerprint density at radius 1 is 0.409 bits per heavy atom. The molecule has 1 heterocycles. The van der Waals surface area contributed by atoms with Gasteiger partial charge in [-0.05, 0) is 80.3 Å². The van der Waals surface area contributed by atoms with Crippen LogP contribution in [0.2, 0.25) is 0 Å². The third-order valence-electron chi connectivity index (χ3n) is 13.2. The van der Waals surface area contributed by atoms with Crippen molar-refractivity contribution in [2.45, 2.75) is 279 Å². The zero-order valence-corrected chi connectivity index (χ0v) is 46.0. The van der Waals surface area contributed by atoms with Gasteiger partial charge < -0.3 is 19.4 Å². The summed E-state index contributed by atoms with van der Waals surface area (Å²) in [4.78, 5) is 0. The molecule has 1 aliphatic rings. The summed E-state index contributed by atoms with van der Waals surface area (Å²) >= 11 is 0. The third kappa shape index (κ3) is 28.9. The van der Waals surface area contributed by atoms with Crippen LogP contribution < -0.4 is 0 Å². The van der Waals surface area contributed by atoms with E-state index in [1.807, 2.05) is 0 Å². The van der Waals surface area contributed by atoms with Gasteiger partial charge >= 0.3 is 20.4 Å². The van der Waals surface area contributed by atoms with Gasteiger partial charge in [0, 0.05) is 23.1 Å². The van der Waals surface area contributed by atoms with Crippen LogP contribution in [-0.4, -0.2) is 4.70 Å². The molecule has 0 atom stereocenters. The molecule has 0 fully saturated rings. The molecule has 0 spiro atoms. The fourth-order valence-corrected chi connectivity index (χ4v) is 9.31. The van der Waals surface area contributed by atoms with Crippen LogP contribution in [0.4, 0.5) is 0 Å². The van der Waals surface area contributed by atoms with Crippen molar-refractivity contribution >= 4 is 11.4 Å². The third-order valence-corrected chi connectivity index (χ3v) is 13.2. The number of nitrogens with zero attached hydrogens (tertiary/aromatic N) is 2. The Hall–Kier alpha value is -2.26. The quantitative estimate of drug-likeness (QED) is 0.0211. The molecule has 2 nitrogen and oxygen atoms in total. The molecule has 0 amide bonds. The Bertz CT molecular complexity index is 1570. The van der Waals surface area contributed by atoms with E-state index >= 15 is 0 Å². The van der Waals surface area contributed by atoms with Gasteiger partial charge in [-0.2, -0.15) is 13.8 Å². The number of aryl methyl sites for hydroxylation is 2. The first-order valence-corrected chi connectivity index (χ1v) is 28.2. The number of hydrogen-bond acceptors (Lipinski definition) is 0. The SMILES string of the molecule is CCCCCCCCCCCCCCCCCCCCCCCCCCC#CC1=C(c2cccc(CCCC)c2)[N+](=[N-])C(c2cccc(CCCCCC)c2)=C1CCCCC.[CH2-]C.[CH2-]C.[Pd+2]. The second-order valence-electron chi connectivity index (χ2n) is 18.8. The first kappa shape index (κ1) is 63.7. The Morgan fingerprint density at radius 3 is 1.17 bits per heavy atom. The van der Waals surface area contributed by atoms with Crippen molar-refractivity contribution in [3.63, 3.8) is 0 Å². The summed E-state index contributed by atoms with van der Waals surface area (Å²) in [6, 6.07) is 17.9. The summed E-state index contributed by atoms with van der Waals surface area (Å²) in [5, 5.41) is 0. The molecule has 0 aliphatic carbocycles. The normalized spacial score (nSPS) is 12.0. The summed E-state index contributed by atoms with van der Waals surface area (Å²) < 4.78 is 1.51. The molecule has 0 saturated heterocycles. The molecule has 0 radical (unpaired) electrons. The average Bonchev–Trinajstić information content (AvgIpc) is 3.62. The zero-order valence-electron chi connectivity index (χ0n) is 44.4. The van der Waals surface area contributed by atoms with Crippen LogP contribution in [0, 0.1) is 25.7 Å². The van der Waals surface area contributed by atoms with Crippen LogP contribution >= 0.6 is 0 Å². The Labute approximate surface area is 426 Å². The monoisotopic (exact) mass is 995 g/mol. The second kappa shape index (κ2) is 46.5. The number of allylic oxidation sites excluding steroid dienone is 2. The maximum Gasteiger partial charge on any atom is 2.00 e. The minimum atomic E-state index is 0. The van der Waals surface area contributed by atoms with Crippen LogP contribution in [0.3, 0.4) is 0 Å². The van der Waals surface area contributed by atoms with E-state index in [1.165, 1.54) is 220 Å². The standard InChI is InChI=1S/C59H94N2.2C2H5.Pd/c1-5-9-13-15-16-17-18-19-20-21-22-23-24-25-26-27-28-29-30-31-32-33-34-35-36-39-49-57-56(48-37-11-7-3)58(55-47-41-45-53(51-55)43-38-14-10-6-2)61(60)59(57)54-46-40-44-52(50-54)42-12-8-4;2*1-2;/h40-41,44-47,50-51H,5-38,42-43,48H2,1-4H3;2*1H2,2H3;/q;2*-1;+2. The van der Waals surface area contributed by atoms with E-state index < -0.39 is 0 Å². The molecule has 66 heavy (non-hydrogen) atoms. The summed E-state index contributed by atoms with van der Waals surface area (Å²) in [7, 11) is 0. The smallest absolute Gasteiger partial charge is 0.493 e. The predicted molar refractivity (Wildman–Crippen MR) is 292 cm³/mol. The van der Waals surface area contributed by atoms with Crippen molar-refractivity contribution < 1.29 is 25.1 Å². The van der Waals surface area contributed by atoms with E-state index in [4.69, 9.17) is 0 Å².